The molecule has 0 spiro atoms. The lowest BCUT2D eigenvalue weighted by Gasteiger charge is -2.21. The molecule has 2 N–H and O–H groups in total. The number of aromatic nitrogens is 1. The average Bonchev–Trinajstić information content (AvgIpc) is 2.72. The predicted octanol–water partition coefficient (Wildman–Crippen LogP) is 4.90. The number of pyridine rings is 1. The number of aryl methyl sites for hydroxylation is 1. The van der Waals surface area contributed by atoms with Crippen molar-refractivity contribution in [2.24, 2.45) is 5.92 Å². The fraction of sp³-hybridized carbons (Fsp3) is 0.200. The number of aromatic hydroxyl groups is 1. The van der Waals surface area contributed by atoms with Gasteiger partial charge in [-0.15, -0.1) is 0 Å². The van der Waals surface area contributed by atoms with Crippen LogP contribution in [0.4, 0.5) is 8.78 Å². The molecule has 31 heavy (non-hydrogen) atoms. The quantitative estimate of drug-likeness (QED) is 0.590. The van der Waals surface area contributed by atoms with Gasteiger partial charge in [-0.3, -0.25) is 4.79 Å². The van der Waals surface area contributed by atoms with E-state index in [1.54, 1.807) is 19.1 Å². The molecule has 0 saturated heterocycles. The number of benzene rings is 2. The second-order valence-electron chi connectivity index (χ2n) is 7.47. The van der Waals surface area contributed by atoms with E-state index in [1.165, 1.54) is 30.3 Å². The van der Waals surface area contributed by atoms with Crippen LogP contribution in [0.25, 0.3) is 0 Å². The Hall–Kier alpha value is -3.72. The van der Waals surface area contributed by atoms with Crippen molar-refractivity contribution in [1.82, 2.24) is 10.3 Å². The van der Waals surface area contributed by atoms with Crippen molar-refractivity contribution in [2.75, 3.05) is 0 Å². The molecule has 0 fully saturated rings. The zero-order valence-corrected chi connectivity index (χ0v) is 17.4. The monoisotopic (exact) mass is 420 g/mol. The summed E-state index contributed by atoms with van der Waals surface area (Å²) in [6, 6.07) is 11.3. The van der Waals surface area contributed by atoms with E-state index >= 15 is 0 Å². The number of nitrogens with zero attached hydrogens (tertiary/aromatic N) is 1. The fourth-order valence-corrected chi connectivity index (χ4v) is 3.04. The maximum absolute atomic E-state index is 13.9. The van der Waals surface area contributed by atoms with Crippen LogP contribution in [0.5, 0.6) is 5.75 Å². The molecule has 1 heterocycles. The van der Waals surface area contributed by atoms with Gasteiger partial charge in [-0.25, -0.2) is 13.8 Å². The molecular weight excluding hydrogens is 398 g/mol. The number of carbonyl (C=O) groups is 1. The SMILES string of the molecule is Cc1cc(C#CC(C)C)cc(C(=O)NC(c2ccc(F)cc2)c2cc(F)ccc2O)n1. The molecule has 0 bridgehead atoms. The van der Waals surface area contributed by atoms with Crippen molar-refractivity contribution in [3.63, 3.8) is 0 Å². The third-order valence-corrected chi connectivity index (χ3v) is 4.47. The molecule has 0 radical (unpaired) electrons. The first kappa shape index (κ1) is 22.0. The van der Waals surface area contributed by atoms with Gasteiger partial charge in [0.05, 0.1) is 6.04 Å². The van der Waals surface area contributed by atoms with Crippen LogP contribution in [0.3, 0.4) is 0 Å². The molecule has 0 aliphatic heterocycles. The third kappa shape index (κ3) is 5.67. The van der Waals surface area contributed by atoms with Gasteiger partial charge in [0.15, 0.2) is 0 Å². The van der Waals surface area contributed by atoms with Gasteiger partial charge in [-0.1, -0.05) is 37.8 Å². The first-order chi connectivity index (χ1) is 14.7. The number of phenolic OH excluding ortho intramolecular Hbond substituents is 1. The minimum Gasteiger partial charge on any atom is -0.508 e. The Labute approximate surface area is 180 Å². The molecule has 6 heteroatoms. The van der Waals surface area contributed by atoms with Gasteiger partial charge >= 0.3 is 0 Å². The van der Waals surface area contributed by atoms with Gasteiger partial charge in [-0.05, 0) is 55.0 Å². The van der Waals surface area contributed by atoms with E-state index in [1.807, 2.05) is 13.8 Å². The van der Waals surface area contributed by atoms with Crippen LogP contribution >= 0.6 is 0 Å². The highest BCUT2D eigenvalue weighted by Crippen LogP contribution is 2.30. The lowest BCUT2D eigenvalue weighted by Crippen LogP contribution is -2.30. The predicted molar refractivity (Wildman–Crippen MR) is 114 cm³/mol. The zero-order valence-electron chi connectivity index (χ0n) is 17.4. The van der Waals surface area contributed by atoms with Crippen LogP contribution in [0.2, 0.25) is 0 Å². The van der Waals surface area contributed by atoms with E-state index in [-0.39, 0.29) is 22.9 Å². The molecule has 4 nitrogen and oxygen atoms in total. The number of nitrogens with one attached hydrogen (secondary N) is 1. The highest BCUT2D eigenvalue weighted by Gasteiger charge is 2.22. The third-order valence-electron chi connectivity index (χ3n) is 4.47. The van der Waals surface area contributed by atoms with Gasteiger partial charge in [-0.2, -0.15) is 0 Å². The summed E-state index contributed by atoms with van der Waals surface area (Å²) in [7, 11) is 0. The Balaban J connectivity index is 2.00. The second-order valence-corrected chi connectivity index (χ2v) is 7.47. The first-order valence-electron chi connectivity index (χ1n) is 9.78. The van der Waals surface area contributed by atoms with E-state index in [0.717, 1.165) is 12.1 Å². The molecule has 0 saturated carbocycles. The number of phenols is 1. The van der Waals surface area contributed by atoms with E-state index < -0.39 is 23.6 Å². The fourth-order valence-electron chi connectivity index (χ4n) is 3.04. The highest BCUT2D eigenvalue weighted by atomic mass is 19.1. The summed E-state index contributed by atoms with van der Waals surface area (Å²) in [6.07, 6.45) is 0. The number of rotatable bonds is 4. The van der Waals surface area contributed by atoms with Crippen molar-refractivity contribution in [3.8, 4) is 17.6 Å². The minimum absolute atomic E-state index is 0.135. The zero-order chi connectivity index (χ0) is 22.5. The van der Waals surface area contributed by atoms with E-state index in [0.29, 0.717) is 16.8 Å². The Morgan fingerprint density at radius 1 is 1.03 bits per heavy atom. The van der Waals surface area contributed by atoms with E-state index in [9.17, 15) is 18.7 Å². The van der Waals surface area contributed by atoms with Crippen molar-refractivity contribution >= 4 is 5.91 Å². The van der Waals surface area contributed by atoms with Crippen LogP contribution in [-0.2, 0) is 0 Å². The summed E-state index contributed by atoms with van der Waals surface area (Å²) in [5.74, 6) is 4.48. The van der Waals surface area contributed by atoms with Gasteiger partial charge in [0.25, 0.3) is 5.91 Å². The minimum atomic E-state index is -0.920. The number of amides is 1. The van der Waals surface area contributed by atoms with Crippen LogP contribution in [0, 0.1) is 36.3 Å². The summed E-state index contributed by atoms with van der Waals surface area (Å²) in [4.78, 5) is 17.3. The summed E-state index contributed by atoms with van der Waals surface area (Å²) >= 11 is 0. The highest BCUT2D eigenvalue weighted by molar-refractivity contribution is 5.93. The lowest BCUT2D eigenvalue weighted by molar-refractivity contribution is 0.0937. The summed E-state index contributed by atoms with van der Waals surface area (Å²) in [5.41, 5.74) is 2.03. The van der Waals surface area contributed by atoms with Crippen molar-refractivity contribution in [1.29, 1.82) is 0 Å². The maximum Gasteiger partial charge on any atom is 0.270 e. The summed E-state index contributed by atoms with van der Waals surface area (Å²) < 4.78 is 27.3. The number of hydrogen-bond acceptors (Lipinski definition) is 3. The first-order valence-corrected chi connectivity index (χ1v) is 9.78. The topological polar surface area (TPSA) is 62.2 Å². The van der Waals surface area contributed by atoms with Crippen LogP contribution in [0.15, 0.2) is 54.6 Å². The molecule has 1 unspecified atom stereocenters. The van der Waals surface area contributed by atoms with E-state index in [2.05, 4.69) is 22.1 Å². The van der Waals surface area contributed by atoms with Gasteiger partial charge in [0.2, 0.25) is 0 Å². The smallest absolute Gasteiger partial charge is 0.270 e. The molecule has 0 aliphatic rings. The molecular formula is C25H22F2N2O2. The van der Waals surface area contributed by atoms with E-state index in [4.69, 9.17) is 0 Å². The van der Waals surface area contributed by atoms with Crippen LogP contribution < -0.4 is 5.32 Å². The Morgan fingerprint density at radius 3 is 2.39 bits per heavy atom. The number of halogens is 2. The molecule has 1 atom stereocenters. The molecule has 158 valence electrons. The summed E-state index contributed by atoms with van der Waals surface area (Å²) in [5, 5.41) is 13.1. The van der Waals surface area contributed by atoms with Crippen LogP contribution in [-0.4, -0.2) is 16.0 Å². The Kier molecular flexibility index (Phi) is 6.66. The molecule has 3 aromatic rings. The molecule has 1 amide bonds. The van der Waals surface area contributed by atoms with Gasteiger partial charge in [0, 0.05) is 22.7 Å². The number of carbonyl (C=O) groups excluding carboxylic acids is 1. The second kappa shape index (κ2) is 9.40. The number of hydrogen-bond donors (Lipinski definition) is 2. The van der Waals surface area contributed by atoms with Crippen molar-refractivity contribution in [2.45, 2.75) is 26.8 Å². The van der Waals surface area contributed by atoms with Crippen LogP contribution in [0.1, 0.15) is 52.8 Å². The Morgan fingerprint density at radius 2 is 1.71 bits per heavy atom. The van der Waals surface area contributed by atoms with Gasteiger partial charge in [0.1, 0.15) is 23.1 Å². The lowest BCUT2D eigenvalue weighted by atomic mass is 9.97. The normalized spacial score (nSPS) is 11.5. The molecule has 3 rings (SSSR count). The molecule has 0 aliphatic carbocycles. The average molecular weight is 420 g/mol. The van der Waals surface area contributed by atoms with Gasteiger partial charge < -0.3 is 10.4 Å². The van der Waals surface area contributed by atoms with Crippen molar-refractivity contribution in [3.05, 3.63) is 94.3 Å². The Bertz CT molecular complexity index is 1160. The standard InChI is InChI=1S/C25H22F2N2O2/c1-15(2)4-5-17-12-16(3)28-22(13-17)25(31)29-24(18-6-8-19(26)9-7-18)21-14-20(27)10-11-23(21)30/h6-15,24,30H,1-3H3,(H,29,31). The maximum atomic E-state index is 13.9. The summed E-state index contributed by atoms with van der Waals surface area (Å²) in [6.45, 7) is 5.69. The molecule has 2 aromatic carbocycles. The molecule has 1 aromatic heterocycles. The largest absolute Gasteiger partial charge is 0.508 e. The van der Waals surface area contributed by atoms with Crippen molar-refractivity contribution < 1.29 is 18.7 Å².